The van der Waals surface area contributed by atoms with E-state index >= 15 is 0 Å². The van der Waals surface area contributed by atoms with E-state index < -0.39 is 5.82 Å². The normalized spacial score (nSPS) is 16.4. The standard InChI is InChI=1S/C14H17BrFNO/c1-2-10(8-9-6-7-9)17-14(18)11-4-3-5-12(15)13(11)16/h3-5,9-10H,2,6-8H2,1H3,(H,17,18). The number of rotatable bonds is 5. The lowest BCUT2D eigenvalue weighted by Gasteiger charge is -2.17. The highest BCUT2D eigenvalue weighted by atomic mass is 79.9. The van der Waals surface area contributed by atoms with Crippen LogP contribution in [0.3, 0.4) is 0 Å². The van der Waals surface area contributed by atoms with Crippen LogP contribution in [0.4, 0.5) is 4.39 Å². The fourth-order valence-corrected chi connectivity index (χ4v) is 2.39. The Balaban J connectivity index is 2.03. The summed E-state index contributed by atoms with van der Waals surface area (Å²) < 4.78 is 14.1. The molecule has 98 valence electrons. The first-order valence-corrected chi connectivity index (χ1v) is 7.16. The van der Waals surface area contributed by atoms with Crippen molar-refractivity contribution in [2.75, 3.05) is 0 Å². The Morgan fingerprint density at radius 2 is 2.28 bits per heavy atom. The Hall–Kier alpha value is -0.900. The summed E-state index contributed by atoms with van der Waals surface area (Å²) in [7, 11) is 0. The molecule has 1 amide bonds. The number of carbonyl (C=O) groups is 1. The van der Waals surface area contributed by atoms with Gasteiger partial charge in [0.25, 0.3) is 5.91 Å². The first-order valence-electron chi connectivity index (χ1n) is 6.36. The van der Waals surface area contributed by atoms with Gasteiger partial charge in [0, 0.05) is 6.04 Å². The van der Waals surface area contributed by atoms with Crippen LogP contribution in [0.1, 0.15) is 43.0 Å². The average molecular weight is 314 g/mol. The van der Waals surface area contributed by atoms with Gasteiger partial charge in [0.2, 0.25) is 0 Å². The van der Waals surface area contributed by atoms with Crippen molar-refractivity contribution in [3.63, 3.8) is 0 Å². The molecule has 1 aliphatic carbocycles. The zero-order valence-electron chi connectivity index (χ0n) is 10.4. The Morgan fingerprint density at radius 1 is 1.56 bits per heavy atom. The monoisotopic (exact) mass is 313 g/mol. The van der Waals surface area contributed by atoms with Crippen LogP contribution in [0.5, 0.6) is 0 Å². The van der Waals surface area contributed by atoms with Crippen molar-refractivity contribution in [3.8, 4) is 0 Å². The smallest absolute Gasteiger partial charge is 0.254 e. The third kappa shape index (κ3) is 3.31. The van der Waals surface area contributed by atoms with Gasteiger partial charge in [-0.3, -0.25) is 4.79 Å². The van der Waals surface area contributed by atoms with E-state index in [9.17, 15) is 9.18 Å². The molecule has 0 radical (unpaired) electrons. The predicted octanol–water partition coefficient (Wildman–Crippen LogP) is 3.90. The van der Waals surface area contributed by atoms with E-state index in [-0.39, 0.29) is 17.5 Å². The van der Waals surface area contributed by atoms with Crippen LogP contribution in [0.2, 0.25) is 0 Å². The number of nitrogens with one attached hydrogen (secondary N) is 1. The van der Waals surface area contributed by atoms with Crippen molar-refractivity contribution < 1.29 is 9.18 Å². The number of benzene rings is 1. The van der Waals surface area contributed by atoms with E-state index in [0.29, 0.717) is 4.47 Å². The minimum absolute atomic E-state index is 0.110. The predicted molar refractivity (Wildman–Crippen MR) is 73.0 cm³/mol. The summed E-state index contributed by atoms with van der Waals surface area (Å²) in [6, 6.07) is 4.93. The molecule has 4 heteroatoms. The lowest BCUT2D eigenvalue weighted by molar-refractivity contribution is 0.0928. The van der Waals surface area contributed by atoms with Crippen LogP contribution in [-0.2, 0) is 0 Å². The highest BCUT2D eigenvalue weighted by molar-refractivity contribution is 9.10. The van der Waals surface area contributed by atoms with Crippen LogP contribution >= 0.6 is 15.9 Å². The van der Waals surface area contributed by atoms with Gasteiger partial charge in [0.05, 0.1) is 10.0 Å². The van der Waals surface area contributed by atoms with Gasteiger partial charge >= 0.3 is 0 Å². The summed E-state index contributed by atoms with van der Waals surface area (Å²) in [5, 5.41) is 2.92. The van der Waals surface area contributed by atoms with Crippen molar-refractivity contribution in [1.29, 1.82) is 0 Å². The quantitative estimate of drug-likeness (QED) is 0.877. The average Bonchev–Trinajstić information content (AvgIpc) is 3.15. The molecule has 1 unspecified atom stereocenters. The minimum atomic E-state index is -0.490. The van der Waals surface area contributed by atoms with Crippen molar-refractivity contribution in [1.82, 2.24) is 5.32 Å². The van der Waals surface area contributed by atoms with Crippen LogP contribution < -0.4 is 5.32 Å². The molecule has 1 aromatic rings. The molecular weight excluding hydrogens is 297 g/mol. The number of halogens is 2. The second-order valence-electron chi connectivity index (χ2n) is 4.86. The molecule has 0 aromatic heterocycles. The maximum atomic E-state index is 13.8. The second kappa shape index (κ2) is 5.83. The maximum Gasteiger partial charge on any atom is 0.254 e. The molecule has 1 aromatic carbocycles. The fourth-order valence-electron chi connectivity index (χ4n) is 2.03. The third-order valence-corrected chi connectivity index (χ3v) is 3.95. The Bertz CT molecular complexity index is 445. The molecule has 0 bridgehead atoms. The second-order valence-corrected chi connectivity index (χ2v) is 5.71. The van der Waals surface area contributed by atoms with Gasteiger partial charge in [0.1, 0.15) is 5.82 Å². The van der Waals surface area contributed by atoms with Crippen LogP contribution in [0.15, 0.2) is 22.7 Å². The summed E-state index contributed by atoms with van der Waals surface area (Å²) in [6.07, 6.45) is 4.42. The van der Waals surface area contributed by atoms with Crippen molar-refractivity contribution >= 4 is 21.8 Å². The molecule has 1 saturated carbocycles. The molecule has 2 nitrogen and oxygen atoms in total. The van der Waals surface area contributed by atoms with Gasteiger partial charge in [-0.05, 0) is 46.8 Å². The van der Waals surface area contributed by atoms with Crippen LogP contribution in [0, 0.1) is 11.7 Å². The van der Waals surface area contributed by atoms with Crippen LogP contribution in [-0.4, -0.2) is 11.9 Å². The van der Waals surface area contributed by atoms with Crippen molar-refractivity contribution in [2.24, 2.45) is 5.92 Å². The molecule has 18 heavy (non-hydrogen) atoms. The topological polar surface area (TPSA) is 29.1 Å². The number of carbonyl (C=O) groups excluding carboxylic acids is 1. The lowest BCUT2D eigenvalue weighted by Crippen LogP contribution is -2.35. The highest BCUT2D eigenvalue weighted by Crippen LogP contribution is 2.34. The van der Waals surface area contributed by atoms with Crippen molar-refractivity contribution in [2.45, 2.75) is 38.6 Å². The van der Waals surface area contributed by atoms with Gasteiger partial charge in [-0.15, -0.1) is 0 Å². The molecule has 0 spiro atoms. The van der Waals surface area contributed by atoms with Gasteiger partial charge in [-0.2, -0.15) is 0 Å². The third-order valence-electron chi connectivity index (χ3n) is 3.34. The molecule has 2 rings (SSSR count). The maximum absolute atomic E-state index is 13.8. The first kappa shape index (κ1) is 13.5. The molecule has 1 atom stereocenters. The summed E-state index contributed by atoms with van der Waals surface area (Å²) in [6.45, 7) is 2.05. The molecule has 1 N–H and O–H groups in total. The first-order chi connectivity index (χ1) is 8.61. The van der Waals surface area contributed by atoms with E-state index in [1.165, 1.54) is 18.9 Å². The summed E-state index contributed by atoms with van der Waals surface area (Å²) in [5.74, 6) is -0.0554. The molecule has 0 aliphatic heterocycles. The van der Waals surface area contributed by atoms with E-state index in [1.807, 2.05) is 6.92 Å². The molecule has 0 saturated heterocycles. The Kier molecular flexibility index (Phi) is 4.38. The number of amides is 1. The lowest BCUT2D eigenvalue weighted by atomic mass is 10.1. The highest BCUT2D eigenvalue weighted by Gasteiger charge is 2.26. The summed E-state index contributed by atoms with van der Waals surface area (Å²) >= 11 is 3.09. The Morgan fingerprint density at radius 3 is 2.89 bits per heavy atom. The van der Waals surface area contributed by atoms with E-state index in [1.54, 1.807) is 12.1 Å². The number of hydrogen-bond donors (Lipinski definition) is 1. The number of hydrogen-bond acceptors (Lipinski definition) is 1. The zero-order valence-corrected chi connectivity index (χ0v) is 12.0. The van der Waals surface area contributed by atoms with Gasteiger partial charge < -0.3 is 5.32 Å². The van der Waals surface area contributed by atoms with E-state index in [2.05, 4.69) is 21.2 Å². The largest absolute Gasteiger partial charge is 0.349 e. The van der Waals surface area contributed by atoms with Crippen molar-refractivity contribution in [3.05, 3.63) is 34.1 Å². The molecule has 0 heterocycles. The molecule has 1 fully saturated rings. The summed E-state index contributed by atoms with van der Waals surface area (Å²) in [4.78, 5) is 12.0. The molecular formula is C14H17BrFNO. The fraction of sp³-hybridized carbons (Fsp3) is 0.500. The Labute approximate surface area is 115 Å². The van der Waals surface area contributed by atoms with Gasteiger partial charge in [0.15, 0.2) is 0 Å². The van der Waals surface area contributed by atoms with Gasteiger partial charge in [-0.25, -0.2) is 4.39 Å². The summed E-state index contributed by atoms with van der Waals surface area (Å²) in [5.41, 5.74) is 0.110. The van der Waals surface area contributed by atoms with Gasteiger partial charge in [-0.1, -0.05) is 25.8 Å². The zero-order chi connectivity index (χ0) is 13.1. The van der Waals surface area contributed by atoms with Crippen LogP contribution in [0.25, 0.3) is 0 Å². The van der Waals surface area contributed by atoms with E-state index in [0.717, 1.165) is 18.8 Å². The van der Waals surface area contributed by atoms with E-state index in [4.69, 9.17) is 0 Å². The minimum Gasteiger partial charge on any atom is -0.349 e. The SMILES string of the molecule is CCC(CC1CC1)NC(=O)c1cccc(Br)c1F. The molecule has 1 aliphatic rings.